The Morgan fingerprint density at radius 3 is 2.40 bits per heavy atom. The van der Waals surface area contributed by atoms with Gasteiger partial charge in [0.05, 0.1) is 6.42 Å². The second kappa shape index (κ2) is 16.2. The molecule has 9 heteroatoms. The summed E-state index contributed by atoms with van der Waals surface area (Å²) in [6.45, 7) is 11.5. The maximum absolute atomic E-state index is 12.0. The molecule has 0 radical (unpaired) electrons. The molecule has 0 aromatic heterocycles. The number of hydrogen-bond acceptors (Lipinski definition) is 8. The maximum Gasteiger partial charge on any atom is 0.408 e. The van der Waals surface area contributed by atoms with Crippen molar-refractivity contribution in [2.75, 3.05) is 19.5 Å². The van der Waals surface area contributed by atoms with Gasteiger partial charge in [0, 0.05) is 12.9 Å². The highest BCUT2D eigenvalue weighted by Gasteiger charge is 2.24. The van der Waals surface area contributed by atoms with E-state index >= 15 is 0 Å². The van der Waals surface area contributed by atoms with Crippen LogP contribution in [0.25, 0.3) is 0 Å². The van der Waals surface area contributed by atoms with Crippen LogP contribution in [-0.4, -0.2) is 47.5 Å². The van der Waals surface area contributed by atoms with Crippen molar-refractivity contribution >= 4 is 24.1 Å². The number of benzene rings is 1. The van der Waals surface area contributed by atoms with Crippen LogP contribution in [0.3, 0.4) is 0 Å². The topological polar surface area (TPSA) is 114 Å². The van der Waals surface area contributed by atoms with Crippen LogP contribution in [0.5, 0.6) is 5.75 Å². The highest BCUT2D eigenvalue weighted by Crippen LogP contribution is 2.22. The lowest BCUT2D eigenvalue weighted by Gasteiger charge is -2.23. The normalized spacial score (nSPS) is 12.6. The molecule has 0 saturated heterocycles. The summed E-state index contributed by atoms with van der Waals surface area (Å²) in [7, 11) is 1.30. The summed E-state index contributed by atoms with van der Waals surface area (Å²) in [5, 5.41) is 12.6. The first-order chi connectivity index (χ1) is 14.4. The van der Waals surface area contributed by atoms with Crippen molar-refractivity contribution in [3.05, 3.63) is 67.3 Å². The van der Waals surface area contributed by atoms with E-state index in [2.05, 4.69) is 25.1 Å². The molecule has 0 aliphatic heterocycles. The van der Waals surface area contributed by atoms with Crippen molar-refractivity contribution in [1.82, 2.24) is 5.32 Å². The average molecular weight is 440 g/mol. The van der Waals surface area contributed by atoms with Gasteiger partial charge < -0.3 is 29.2 Å². The Balaban J connectivity index is 0.00000407. The van der Waals surface area contributed by atoms with Crippen LogP contribution >= 0.6 is 12.0 Å². The summed E-state index contributed by atoms with van der Waals surface area (Å²) in [5.74, 6) is 0.0615. The fraction of sp³-hybridized carbons (Fsp3) is 0.333. The van der Waals surface area contributed by atoms with Crippen LogP contribution in [0.15, 0.2) is 61.7 Å². The van der Waals surface area contributed by atoms with Gasteiger partial charge in [-0.15, -0.1) is 13.2 Å². The Morgan fingerprint density at radius 2 is 1.90 bits per heavy atom. The molecule has 0 fully saturated rings. The first-order valence-electron chi connectivity index (χ1n) is 8.93. The van der Waals surface area contributed by atoms with Gasteiger partial charge in [-0.05, 0) is 42.2 Å². The summed E-state index contributed by atoms with van der Waals surface area (Å²) in [4.78, 5) is 23.6. The average Bonchev–Trinajstić information content (AvgIpc) is 2.78. The minimum atomic E-state index is -1.32. The van der Waals surface area contributed by atoms with Gasteiger partial charge in [-0.25, -0.2) is 4.79 Å². The van der Waals surface area contributed by atoms with Crippen LogP contribution in [0.4, 0.5) is 4.79 Å². The zero-order valence-electron chi connectivity index (χ0n) is 17.2. The Kier molecular flexibility index (Phi) is 14.8. The highest BCUT2D eigenvalue weighted by molar-refractivity contribution is 7.93. The lowest BCUT2D eigenvalue weighted by Crippen LogP contribution is -2.37. The predicted molar refractivity (Wildman–Crippen MR) is 117 cm³/mol. The summed E-state index contributed by atoms with van der Waals surface area (Å²) in [5.41, 5.74) is 1.26. The maximum atomic E-state index is 12.0. The molecule has 0 spiro atoms. The summed E-state index contributed by atoms with van der Waals surface area (Å²) in [6.07, 6.45) is 1.36. The van der Waals surface area contributed by atoms with E-state index in [1.165, 1.54) is 19.2 Å². The fourth-order valence-electron chi connectivity index (χ4n) is 2.09. The number of alkyl carbamates (subject to hydrolysis) is 1. The molecule has 0 saturated carbocycles. The van der Waals surface area contributed by atoms with Crippen molar-refractivity contribution in [3.8, 4) is 5.75 Å². The number of methoxy groups -OCH3 is 1. The van der Waals surface area contributed by atoms with Gasteiger partial charge in [-0.1, -0.05) is 30.9 Å². The van der Waals surface area contributed by atoms with Gasteiger partial charge >= 0.3 is 12.1 Å². The SMILES string of the molecule is C=C.C=C/C(=C\C)COC(=O)NC(c1ccc(OC(=O)CCSO)cc1)C(O)OC. The second-order valence-electron chi connectivity index (χ2n) is 5.52. The van der Waals surface area contributed by atoms with Gasteiger partial charge in [-0.3, -0.25) is 4.79 Å². The first kappa shape index (κ1) is 27.4. The smallest absolute Gasteiger partial charge is 0.408 e. The van der Waals surface area contributed by atoms with E-state index in [1.54, 1.807) is 31.2 Å². The van der Waals surface area contributed by atoms with Crippen LogP contribution in [0.1, 0.15) is 24.9 Å². The van der Waals surface area contributed by atoms with E-state index in [1.807, 2.05) is 0 Å². The molecule has 2 atom stereocenters. The number of rotatable bonds is 11. The third-order valence-electron chi connectivity index (χ3n) is 3.67. The van der Waals surface area contributed by atoms with E-state index < -0.39 is 24.4 Å². The number of carbonyl (C=O) groups is 2. The molecular formula is C21H29NO7S. The van der Waals surface area contributed by atoms with Crippen molar-refractivity contribution in [1.29, 1.82) is 0 Å². The van der Waals surface area contributed by atoms with Crippen LogP contribution in [0, 0.1) is 0 Å². The minimum Gasteiger partial charge on any atom is -0.445 e. The Labute approximate surface area is 181 Å². The van der Waals surface area contributed by atoms with Crippen molar-refractivity contribution < 1.29 is 33.5 Å². The van der Waals surface area contributed by atoms with Gasteiger partial charge in [0.15, 0.2) is 6.29 Å². The van der Waals surface area contributed by atoms with E-state index in [-0.39, 0.29) is 18.8 Å². The molecule has 3 N–H and O–H groups in total. The molecule has 0 heterocycles. The van der Waals surface area contributed by atoms with E-state index in [0.717, 1.165) is 5.57 Å². The molecule has 0 aliphatic rings. The second-order valence-corrected chi connectivity index (χ2v) is 6.18. The minimum absolute atomic E-state index is 0.0443. The summed E-state index contributed by atoms with van der Waals surface area (Å²) in [6, 6.07) is 5.32. The summed E-state index contributed by atoms with van der Waals surface area (Å²) < 4.78 is 23.8. The number of allylic oxidation sites excluding steroid dienone is 1. The first-order valence-corrected chi connectivity index (χ1v) is 9.88. The molecule has 30 heavy (non-hydrogen) atoms. The molecule has 166 valence electrons. The molecule has 0 bridgehead atoms. The number of aliphatic hydroxyl groups excluding tert-OH is 1. The van der Waals surface area contributed by atoms with E-state index in [0.29, 0.717) is 23.4 Å². The van der Waals surface area contributed by atoms with Gasteiger partial charge in [0.1, 0.15) is 18.4 Å². The predicted octanol–water partition coefficient (Wildman–Crippen LogP) is 3.85. The Bertz CT molecular complexity index is 691. The zero-order chi connectivity index (χ0) is 22.9. The molecular weight excluding hydrogens is 410 g/mol. The molecule has 1 aromatic carbocycles. The zero-order valence-corrected chi connectivity index (χ0v) is 18.0. The van der Waals surface area contributed by atoms with Crippen molar-refractivity contribution in [3.63, 3.8) is 0 Å². The molecule has 1 aromatic rings. The van der Waals surface area contributed by atoms with Gasteiger partial charge in [-0.2, -0.15) is 0 Å². The highest BCUT2D eigenvalue weighted by atomic mass is 32.2. The van der Waals surface area contributed by atoms with Crippen LogP contribution in [0.2, 0.25) is 0 Å². The quantitative estimate of drug-likeness (QED) is 0.119. The van der Waals surface area contributed by atoms with Gasteiger partial charge in [0.2, 0.25) is 0 Å². The molecule has 0 aliphatic carbocycles. The Morgan fingerprint density at radius 1 is 1.27 bits per heavy atom. The molecule has 1 rings (SSSR count). The number of esters is 1. The van der Waals surface area contributed by atoms with Crippen LogP contribution < -0.4 is 10.1 Å². The molecule has 1 amide bonds. The molecule has 8 nitrogen and oxygen atoms in total. The standard InChI is InChI=1S/C19H25NO7S.C2H4/c1-4-13(5-2)12-26-19(23)20-17(18(22)25-3)14-6-8-15(9-7-14)27-16(21)10-11-28-24;1-2/h4-9,17-18,22,24H,1,10-12H2,2-3H3,(H,20,23);1-2H2/b13-5+;. The molecule has 2 unspecified atom stereocenters. The van der Waals surface area contributed by atoms with Crippen molar-refractivity contribution in [2.24, 2.45) is 0 Å². The monoisotopic (exact) mass is 439 g/mol. The number of nitrogens with one attached hydrogen (secondary N) is 1. The van der Waals surface area contributed by atoms with Gasteiger partial charge in [0.25, 0.3) is 0 Å². The number of ether oxygens (including phenoxy) is 3. The van der Waals surface area contributed by atoms with E-state index in [9.17, 15) is 14.7 Å². The Hall–Kier alpha value is -2.59. The van der Waals surface area contributed by atoms with E-state index in [4.69, 9.17) is 18.8 Å². The number of carbonyl (C=O) groups excluding carboxylic acids is 2. The summed E-state index contributed by atoms with van der Waals surface area (Å²) >= 11 is 0.563. The van der Waals surface area contributed by atoms with Crippen LogP contribution in [-0.2, 0) is 14.3 Å². The number of aliphatic hydroxyl groups is 1. The fourth-order valence-corrected chi connectivity index (χ4v) is 2.35. The largest absolute Gasteiger partial charge is 0.445 e. The van der Waals surface area contributed by atoms with Crippen molar-refractivity contribution in [2.45, 2.75) is 25.7 Å². The number of hydrogen-bond donors (Lipinski definition) is 3. The third kappa shape index (κ3) is 10.3. The lowest BCUT2D eigenvalue weighted by molar-refractivity contribution is -0.133. The number of amides is 1. The lowest BCUT2D eigenvalue weighted by atomic mass is 10.1. The third-order valence-corrected chi connectivity index (χ3v) is 4.06.